The fourth-order valence-corrected chi connectivity index (χ4v) is 3.26. The van der Waals surface area contributed by atoms with Gasteiger partial charge in [-0.1, -0.05) is 31.9 Å². The van der Waals surface area contributed by atoms with Crippen LogP contribution in [-0.4, -0.2) is 28.1 Å². The molecule has 1 N–H and O–H groups in total. The highest BCUT2D eigenvalue weighted by Gasteiger charge is 2.32. The molecule has 1 aliphatic carbocycles. The van der Waals surface area contributed by atoms with Gasteiger partial charge in [-0.05, 0) is 37.8 Å². The van der Waals surface area contributed by atoms with E-state index in [-0.39, 0.29) is 0 Å². The molecule has 18 heavy (non-hydrogen) atoms. The summed E-state index contributed by atoms with van der Waals surface area (Å²) in [6, 6.07) is 0. The largest absolute Gasteiger partial charge is 0.317 e. The van der Waals surface area contributed by atoms with Crippen LogP contribution in [0.3, 0.4) is 0 Å². The predicted octanol–water partition coefficient (Wildman–Crippen LogP) is 2.33. The number of nitrogens with zero attached hydrogens (tertiary/aromatic N) is 3. The van der Waals surface area contributed by atoms with Gasteiger partial charge in [0.2, 0.25) is 0 Å². The Morgan fingerprint density at radius 2 is 2.22 bits per heavy atom. The molecule has 3 unspecified atom stereocenters. The van der Waals surface area contributed by atoms with Crippen LogP contribution in [0.1, 0.15) is 51.1 Å². The van der Waals surface area contributed by atoms with Gasteiger partial charge in [-0.25, -0.2) is 0 Å². The lowest BCUT2D eigenvalue weighted by Crippen LogP contribution is -2.32. The van der Waals surface area contributed by atoms with E-state index in [9.17, 15) is 0 Å². The van der Waals surface area contributed by atoms with Crippen LogP contribution in [0.5, 0.6) is 0 Å². The van der Waals surface area contributed by atoms with Crippen molar-refractivity contribution in [3.63, 3.8) is 0 Å². The van der Waals surface area contributed by atoms with Crippen molar-refractivity contribution >= 4 is 0 Å². The van der Waals surface area contributed by atoms with E-state index in [1.54, 1.807) is 0 Å². The van der Waals surface area contributed by atoms with Crippen molar-refractivity contribution in [2.45, 2.75) is 45.4 Å². The minimum atomic E-state index is 0.628. The first-order chi connectivity index (χ1) is 8.76. The lowest BCUT2D eigenvalue weighted by molar-refractivity contribution is 0.220. The fourth-order valence-electron chi connectivity index (χ4n) is 3.26. The average molecular weight is 250 g/mol. The Bertz CT molecular complexity index is 360. The maximum atomic E-state index is 4.10. The van der Waals surface area contributed by atoms with Crippen molar-refractivity contribution in [1.29, 1.82) is 0 Å². The van der Waals surface area contributed by atoms with E-state index in [0.717, 1.165) is 24.9 Å². The molecule has 1 aromatic rings. The lowest BCUT2D eigenvalue weighted by Gasteiger charge is -2.36. The molecule has 1 fully saturated rings. The van der Waals surface area contributed by atoms with Crippen LogP contribution >= 0.6 is 0 Å². The van der Waals surface area contributed by atoms with E-state index >= 15 is 0 Å². The monoisotopic (exact) mass is 250 g/mol. The van der Waals surface area contributed by atoms with Crippen molar-refractivity contribution in [3.05, 3.63) is 11.9 Å². The summed E-state index contributed by atoms with van der Waals surface area (Å²) < 4.78 is 1.96. The van der Waals surface area contributed by atoms with Crippen molar-refractivity contribution < 1.29 is 0 Å². The van der Waals surface area contributed by atoms with Gasteiger partial charge in [-0.15, -0.1) is 5.10 Å². The third kappa shape index (κ3) is 2.91. The van der Waals surface area contributed by atoms with Crippen LogP contribution in [-0.2, 0) is 7.05 Å². The van der Waals surface area contributed by atoms with Gasteiger partial charge in [0.1, 0.15) is 0 Å². The summed E-state index contributed by atoms with van der Waals surface area (Å²) in [4.78, 5) is 0. The average Bonchev–Trinajstić information content (AvgIpc) is 2.82. The van der Waals surface area contributed by atoms with E-state index in [0.29, 0.717) is 5.92 Å². The van der Waals surface area contributed by atoms with Crippen LogP contribution in [0.2, 0.25) is 0 Å². The van der Waals surface area contributed by atoms with Crippen molar-refractivity contribution in [3.8, 4) is 0 Å². The van der Waals surface area contributed by atoms with E-state index < -0.39 is 0 Å². The van der Waals surface area contributed by atoms with Gasteiger partial charge in [0.15, 0.2) is 0 Å². The Labute approximate surface area is 110 Å². The molecule has 1 heterocycles. The van der Waals surface area contributed by atoms with E-state index in [4.69, 9.17) is 0 Å². The molecule has 0 spiro atoms. The Balaban J connectivity index is 2.11. The fraction of sp³-hybridized carbons (Fsp3) is 0.857. The van der Waals surface area contributed by atoms with Crippen LogP contribution in [0.15, 0.2) is 6.20 Å². The zero-order chi connectivity index (χ0) is 13.0. The molecular weight excluding hydrogens is 224 g/mol. The summed E-state index contributed by atoms with van der Waals surface area (Å²) in [6.45, 7) is 6.68. The minimum absolute atomic E-state index is 0.628. The highest BCUT2D eigenvalue weighted by Crippen LogP contribution is 2.40. The lowest BCUT2D eigenvalue weighted by atomic mass is 9.72. The van der Waals surface area contributed by atoms with E-state index in [1.165, 1.54) is 31.4 Å². The molecule has 0 aromatic carbocycles. The molecule has 4 heteroatoms. The number of hydrogen-bond acceptors (Lipinski definition) is 3. The number of nitrogens with one attached hydrogen (secondary N) is 1. The third-order valence-electron chi connectivity index (χ3n) is 4.47. The molecule has 102 valence electrons. The molecule has 0 amide bonds. The van der Waals surface area contributed by atoms with Crippen LogP contribution in [0, 0.1) is 11.8 Å². The first-order valence-electron chi connectivity index (χ1n) is 7.31. The van der Waals surface area contributed by atoms with E-state index in [2.05, 4.69) is 29.5 Å². The van der Waals surface area contributed by atoms with Crippen LogP contribution in [0.25, 0.3) is 0 Å². The minimum Gasteiger partial charge on any atom is -0.317 e. The maximum Gasteiger partial charge on any atom is 0.0728 e. The van der Waals surface area contributed by atoms with Gasteiger partial charge in [0, 0.05) is 13.0 Å². The molecule has 1 aliphatic rings. The normalized spacial score (nSPS) is 28.5. The topological polar surface area (TPSA) is 42.7 Å². The van der Waals surface area contributed by atoms with Gasteiger partial charge in [0.25, 0.3) is 0 Å². The molecule has 0 radical (unpaired) electrons. The molecular formula is C14H26N4. The highest BCUT2D eigenvalue weighted by molar-refractivity contribution is 5.07. The van der Waals surface area contributed by atoms with Gasteiger partial charge >= 0.3 is 0 Å². The number of rotatable bonds is 5. The van der Waals surface area contributed by atoms with Crippen LogP contribution in [0.4, 0.5) is 0 Å². The quantitative estimate of drug-likeness (QED) is 0.872. The van der Waals surface area contributed by atoms with Gasteiger partial charge in [0.05, 0.1) is 11.9 Å². The predicted molar refractivity (Wildman–Crippen MR) is 73.4 cm³/mol. The van der Waals surface area contributed by atoms with Crippen molar-refractivity contribution in [1.82, 2.24) is 20.3 Å². The zero-order valence-corrected chi connectivity index (χ0v) is 11.9. The molecule has 1 saturated carbocycles. The molecule has 1 aromatic heterocycles. The SMILES string of the molecule is CCNCC1CCC(CC)CC1c1cnnn1C. The first-order valence-corrected chi connectivity index (χ1v) is 7.31. The van der Waals surface area contributed by atoms with Gasteiger partial charge in [-0.2, -0.15) is 0 Å². The Morgan fingerprint density at radius 1 is 1.39 bits per heavy atom. The number of aromatic nitrogens is 3. The summed E-state index contributed by atoms with van der Waals surface area (Å²) >= 11 is 0. The molecule has 4 nitrogen and oxygen atoms in total. The maximum absolute atomic E-state index is 4.10. The zero-order valence-electron chi connectivity index (χ0n) is 11.9. The second kappa shape index (κ2) is 6.32. The summed E-state index contributed by atoms with van der Waals surface area (Å²) in [5.74, 6) is 2.25. The van der Waals surface area contributed by atoms with Crippen molar-refractivity contribution in [2.75, 3.05) is 13.1 Å². The number of aryl methyl sites for hydroxylation is 1. The van der Waals surface area contributed by atoms with E-state index in [1.807, 2.05) is 17.9 Å². The summed E-state index contributed by atoms with van der Waals surface area (Å²) in [7, 11) is 2.02. The highest BCUT2D eigenvalue weighted by atomic mass is 15.4. The second-order valence-electron chi connectivity index (χ2n) is 5.54. The molecule has 0 bridgehead atoms. The van der Waals surface area contributed by atoms with Gasteiger partial charge < -0.3 is 5.32 Å². The summed E-state index contributed by atoms with van der Waals surface area (Å²) in [6.07, 6.45) is 7.28. The second-order valence-corrected chi connectivity index (χ2v) is 5.54. The third-order valence-corrected chi connectivity index (χ3v) is 4.47. The first kappa shape index (κ1) is 13.5. The standard InChI is InChI=1S/C14H26N4/c1-4-11-6-7-12(9-15-5-2)13(8-11)14-10-16-17-18(14)3/h10-13,15H,4-9H2,1-3H3. The Kier molecular flexibility index (Phi) is 4.75. The Hall–Kier alpha value is -0.900. The smallest absolute Gasteiger partial charge is 0.0728 e. The summed E-state index contributed by atoms with van der Waals surface area (Å²) in [5, 5.41) is 11.7. The molecule has 0 aliphatic heterocycles. The molecule has 3 atom stereocenters. The van der Waals surface area contributed by atoms with Crippen LogP contribution < -0.4 is 5.32 Å². The van der Waals surface area contributed by atoms with Gasteiger partial charge in [-0.3, -0.25) is 4.68 Å². The van der Waals surface area contributed by atoms with Crippen molar-refractivity contribution in [2.24, 2.45) is 18.9 Å². The Morgan fingerprint density at radius 3 is 2.83 bits per heavy atom. The molecule has 2 rings (SSSR count). The number of hydrogen-bond donors (Lipinski definition) is 1. The summed E-state index contributed by atoms with van der Waals surface area (Å²) in [5.41, 5.74) is 1.32. The molecule has 0 saturated heterocycles.